The first kappa shape index (κ1) is 20.8. The summed E-state index contributed by atoms with van der Waals surface area (Å²) in [5.41, 5.74) is 5.76. The number of carboxylic acid groups (broad SMARTS) is 1. The smallest absolute Gasteiger partial charge is 0.337 e. The molecular formula is C26H24N4O3. The van der Waals surface area contributed by atoms with Crippen LogP contribution in [-0.2, 0) is 19.5 Å². The summed E-state index contributed by atoms with van der Waals surface area (Å²) in [7, 11) is 0. The van der Waals surface area contributed by atoms with E-state index in [0.717, 1.165) is 11.1 Å². The first-order valence-electron chi connectivity index (χ1n) is 10.9. The van der Waals surface area contributed by atoms with Crippen LogP contribution in [0.3, 0.4) is 0 Å². The molecule has 7 nitrogen and oxygen atoms in total. The van der Waals surface area contributed by atoms with Gasteiger partial charge in [-0.1, -0.05) is 42.5 Å². The Hall–Kier alpha value is -4.13. The molecule has 0 spiro atoms. The van der Waals surface area contributed by atoms with Gasteiger partial charge >= 0.3 is 5.97 Å². The predicted octanol–water partition coefficient (Wildman–Crippen LogP) is 4.10. The number of anilines is 2. The van der Waals surface area contributed by atoms with Gasteiger partial charge < -0.3 is 15.3 Å². The Morgan fingerprint density at radius 3 is 2.52 bits per heavy atom. The van der Waals surface area contributed by atoms with Crippen LogP contribution in [0.1, 0.15) is 32.6 Å². The molecule has 7 heteroatoms. The van der Waals surface area contributed by atoms with Gasteiger partial charge in [0, 0.05) is 25.3 Å². The van der Waals surface area contributed by atoms with E-state index in [4.69, 9.17) is 4.98 Å². The third-order valence-electron chi connectivity index (χ3n) is 6.03. The van der Waals surface area contributed by atoms with Crippen molar-refractivity contribution >= 4 is 28.5 Å². The van der Waals surface area contributed by atoms with Crippen molar-refractivity contribution in [2.24, 2.45) is 0 Å². The number of aromatic nitrogens is 2. The number of aromatic carboxylic acids is 1. The summed E-state index contributed by atoms with van der Waals surface area (Å²) < 4.78 is 0. The zero-order valence-electron chi connectivity index (χ0n) is 18.3. The molecule has 1 aromatic heterocycles. The lowest BCUT2D eigenvalue weighted by Crippen LogP contribution is -2.22. The minimum Gasteiger partial charge on any atom is -0.478 e. The third-order valence-corrected chi connectivity index (χ3v) is 6.03. The van der Waals surface area contributed by atoms with Crippen molar-refractivity contribution in [2.45, 2.75) is 26.4 Å². The Bertz CT molecular complexity index is 1400. The number of aromatic amines is 1. The number of nitrogens with zero attached hydrogens (tertiary/aromatic N) is 2. The molecule has 0 unspecified atom stereocenters. The minimum atomic E-state index is -0.969. The second-order valence-corrected chi connectivity index (χ2v) is 8.36. The van der Waals surface area contributed by atoms with Gasteiger partial charge in [0.1, 0.15) is 0 Å². The van der Waals surface area contributed by atoms with E-state index >= 15 is 0 Å². The van der Waals surface area contributed by atoms with Gasteiger partial charge in [0.25, 0.3) is 5.56 Å². The number of benzene rings is 3. The molecule has 4 aromatic rings. The fourth-order valence-corrected chi connectivity index (χ4v) is 4.44. The number of hydrogen-bond acceptors (Lipinski definition) is 5. The summed E-state index contributed by atoms with van der Waals surface area (Å²) in [4.78, 5) is 34.3. The van der Waals surface area contributed by atoms with Crippen molar-refractivity contribution in [3.8, 4) is 0 Å². The van der Waals surface area contributed by atoms with Gasteiger partial charge in [0.05, 0.1) is 16.5 Å². The van der Waals surface area contributed by atoms with Crippen molar-refractivity contribution in [3.05, 3.63) is 98.8 Å². The number of aryl methyl sites for hydroxylation is 1. The molecule has 0 fully saturated rings. The van der Waals surface area contributed by atoms with E-state index in [-0.39, 0.29) is 11.1 Å². The molecule has 1 aliphatic heterocycles. The highest BCUT2D eigenvalue weighted by atomic mass is 16.4. The fourth-order valence-electron chi connectivity index (χ4n) is 4.44. The standard InChI is InChI=1S/C26H24N4O3/c1-16-12-17(10-11-27-22-9-5-4-8-20(22)25(32)33)23-21(13-16)24(31)29-26(28-23)30-14-18-6-2-3-7-19(18)15-30/h2-9,12-13,27H,10-11,14-15H2,1H3,(H,32,33)(H,28,29,31). The van der Waals surface area contributed by atoms with Gasteiger partial charge in [-0.15, -0.1) is 0 Å². The van der Waals surface area contributed by atoms with Crippen LogP contribution in [-0.4, -0.2) is 27.6 Å². The number of nitrogens with one attached hydrogen (secondary N) is 2. The van der Waals surface area contributed by atoms with E-state index in [0.29, 0.717) is 48.6 Å². The van der Waals surface area contributed by atoms with E-state index in [1.54, 1.807) is 24.3 Å². The Labute approximate surface area is 190 Å². The Morgan fingerprint density at radius 2 is 1.79 bits per heavy atom. The van der Waals surface area contributed by atoms with Gasteiger partial charge in [-0.3, -0.25) is 9.78 Å². The highest BCUT2D eigenvalue weighted by Crippen LogP contribution is 2.27. The number of fused-ring (bicyclic) bond motifs is 2. The molecule has 0 saturated carbocycles. The summed E-state index contributed by atoms with van der Waals surface area (Å²) in [6.45, 7) is 3.89. The van der Waals surface area contributed by atoms with E-state index < -0.39 is 5.97 Å². The molecule has 2 heterocycles. The van der Waals surface area contributed by atoms with Crippen LogP contribution in [0.25, 0.3) is 10.9 Å². The molecular weight excluding hydrogens is 416 g/mol. The zero-order chi connectivity index (χ0) is 22.9. The molecule has 0 aliphatic carbocycles. The van der Waals surface area contributed by atoms with Gasteiger partial charge in [0.15, 0.2) is 0 Å². The SMILES string of the molecule is Cc1cc(CCNc2ccccc2C(=O)O)c2nc(N3Cc4ccccc4C3)[nH]c(=O)c2c1. The maximum atomic E-state index is 12.9. The lowest BCUT2D eigenvalue weighted by Gasteiger charge is -2.17. The number of H-pyrrole nitrogens is 1. The Balaban J connectivity index is 1.44. The first-order chi connectivity index (χ1) is 16.0. The van der Waals surface area contributed by atoms with Crippen LogP contribution in [0.15, 0.2) is 65.5 Å². The van der Waals surface area contributed by atoms with E-state index in [1.165, 1.54) is 11.1 Å². The minimum absolute atomic E-state index is 0.153. The van der Waals surface area contributed by atoms with Crippen LogP contribution in [0.5, 0.6) is 0 Å². The predicted molar refractivity (Wildman–Crippen MR) is 129 cm³/mol. The topological polar surface area (TPSA) is 98.3 Å². The lowest BCUT2D eigenvalue weighted by molar-refractivity contribution is 0.0698. The molecule has 1 aliphatic rings. The molecule has 0 saturated heterocycles. The second kappa shape index (κ2) is 8.43. The molecule has 0 atom stereocenters. The van der Waals surface area contributed by atoms with E-state index in [2.05, 4.69) is 27.3 Å². The number of carboxylic acids is 1. The first-order valence-corrected chi connectivity index (χ1v) is 10.9. The number of hydrogen-bond donors (Lipinski definition) is 3. The van der Waals surface area contributed by atoms with E-state index in [9.17, 15) is 14.7 Å². The number of para-hydroxylation sites is 1. The average Bonchev–Trinajstić information content (AvgIpc) is 3.24. The van der Waals surface area contributed by atoms with Gasteiger partial charge in [-0.25, -0.2) is 9.78 Å². The van der Waals surface area contributed by atoms with Crippen molar-refractivity contribution in [1.82, 2.24) is 9.97 Å². The third kappa shape index (κ3) is 4.05. The monoisotopic (exact) mass is 440 g/mol. The van der Waals surface area contributed by atoms with Crippen LogP contribution in [0, 0.1) is 6.92 Å². The van der Waals surface area contributed by atoms with Crippen molar-refractivity contribution < 1.29 is 9.90 Å². The summed E-state index contributed by atoms with van der Waals surface area (Å²) in [6, 6.07) is 19.0. The largest absolute Gasteiger partial charge is 0.478 e. The van der Waals surface area contributed by atoms with Crippen LogP contribution >= 0.6 is 0 Å². The Morgan fingerprint density at radius 1 is 1.09 bits per heavy atom. The van der Waals surface area contributed by atoms with Gasteiger partial charge in [-0.05, 0) is 53.8 Å². The second-order valence-electron chi connectivity index (χ2n) is 8.36. The van der Waals surface area contributed by atoms with Crippen LogP contribution in [0.2, 0.25) is 0 Å². The average molecular weight is 441 g/mol. The molecule has 3 aromatic carbocycles. The van der Waals surface area contributed by atoms with Crippen molar-refractivity contribution in [2.75, 3.05) is 16.8 Å². The fraction of sp³-hybridized carbons (Fsp3) is 0.192. The maximum Gasteiger partial charge on any atom is 0.337 e. The molecule has 3 N–H and O–H groups in total. The summed E-state index contributed by atoms with van der Waals surface area (Å²) in [5.74, 6) is -0.401. The molecule has 33 heavy (non-hydrogen) atoms. The normalized spacial score (nSPS) is 12.7. The summed E-state index contributed by atoms with van der Waals surface area (Å²) >= 11 is 0. The number of carbonyl (C=O) groups is 1. The highest BCUT2D eigenvalue weighted by molar-refractivity contribution is 5.94. The summed E-state index contributed by atoms with van der Waals surface area (Å²) in [5, 5.41) is 13.2. The molecule has 0 bridgehead atoms. The lowest BCUT2D eigenvalue weighted by atomic mass is 10.0. The Kier molecular flexibility index (Phi) is 5.30. The quantitative estimate of drug-likeness (QED) is 0.418. The van der Waals surface area contributed by atoms with E-state index in [1.807, 2.05) is 31.2 Å². The maximum absolute atomic E-state index is 12.9. The van der Waals surface area contributed by atoms with Crippen molar-refractivity contribution in [1.29, 1.82) is 0 Å². The van der Waals surface area contributed by atoms with Gasteiger partial charge in [-0.2, -0.15) is 0 Å². The van der Waals surface area contributed by atoms with Crippen LogP contribution < -0.4 is 15.8 Å². The molecule has 166 valence electrons. The van der Waals surface area contributed by atoms with Gasteiger partial charge in [0.2, 0.25) is 5.95 Å². The highest BCUT2D eigenvalue weighted by Gasteiger charge is 2.21. The van der Waals surface area contributed by atoms with Crippen LogP contribution in [0.4, 0.5) is 11.6 Å². The zero-order valence-corrected chi connectivity index (χ0v) is 18.3. The van der Waals surface area contributed by atoms with Crippen molar-refractivity contribution in [3.63, 3.8) is 0 Å². The number of rotatable bonds is 6. The molecule has 0 amide bonds. The molecule has 0 radical (unpaired) electrons. The summed E-state index contributed by atoms with van der Waals surface area (Å²) in [6.07, 6.45) is 0.599. The molecule has 5 rings (SSSR count).